The third-order valence-electron chi connectivity index (χ3n) is 3.85. The minimum atomic E-state index is -0.660. The standard InChI is InChI=1S/C14H18BrNO2/c1-10-3-4-12(15)7-11(10)8-16-9-14(13(17)18)5-2-6-14/h3-4,7,16H,2,5-6,8-9H2,1H3,(H,17,18). The van der Waals surface area contributed by atoms with Gasteiger partial charge in [-0.15, -0.1) is 0 Å². The molecule has 0 aliphatic heterocycles. The van der Waals surface area contributed by atoms with E-state index < -0.39 is 11.4 Å². The molecule has 0 radical (unpaired) electrons. The summed E-state index contributed by atoms with van der Waals surface area (Å²) >= 11 is 3.45. The molecule has 0 amide bonds. The first-order valence-electron chi connectivity index (χ1n) is 6.23. The van der Waals surface area contributed by atoms with E-state index in [0.717, 1.165) is 30.3 Å². The molecule has 2 rings (SSSR count). The lowest BCUT2D eigenvalue weighted by Crippen LogP contribution is -2.46. The molecule has 4 heteroatoms. The number of hydrogen-bond donors (Lipinski definition) is 2. The zero-order valence-corrected chi connectivity index (χ0v) is 12.1. The van der Waals surface area contributed by atoms with Crippen LogP contribution in [0.3, 0.4) is 0 Å². The summed E-state index contributed by atoms with van der Waals surface area (Å²) in [6, 6.07) is 6.16. The van der Waals surface area contributed by atoms with Crippen LogP contribution in [0.1, 0.15) is 30.4 Å². The maximum Gasteiger partial charge on any atom is 0.310 e. The first kappa shape index (κ1) is 13.6. The van der Waals surface area contributed by atoms with E-state index in [4.69, 9.17) is 0 Å². The van der Waals surface area contributed by atoms with Gasteiger partial charge in [0.05, 0.1) is 5.41 Å². The Morgan fingerprint density at radius 1 is 1.50 bits per heavy atom. The first-order valence-corrected chi connectivity index (χ1v) is 7.02. The lowest BCUT2D eigenvalue weighted by molar-refractivity contribution is -0.154. The van der Waals surface area contributed by atoms with Crippen LogP contribution in [0.2, 0.25) is 0 Å². The minimum Gasteiger partial charge on any atom is -0.481 e. The highest BCUT2D eigenvalue weighted by atomic mass is 79.9. The van der Waals surface area contributed by atoms with Gasteiger partial charge in [-0.3, -0.25) is 4.79 Å². The SMILES string of the molecule is Cc1ccc(Br)cc1CNCC1(C(=O)O)CCC1. The molecule has 3 nitrogen and oxygen atoms in total. The molecule has 98 valence electrons. The molecular weight excluding hydrogens is 294 g/mol. The van der Waals surface area contributed by atoms with Crippen LogP contribution in [-0.4, -0.2) is 17.6 Å². The second kappa shape index (κ2) is 5.41. The lowest BCUT2D eigenvalue weighted by atomic mass is 9.69. The third-order valence-corrected chi connectivity index (χ3v) is 4.35. The van der Waals surface area contributed by atoms with E-state index in [1.807, 2.05) is 6.07 Å². The second-order valence-corrected chi connectivity index (χ2v) is 6.03. The van der Waals surface area contributed by atoms with Crippen molar-refractivity contribution in [3.05, 3.63) is 33.8 Å². The Labute approximate surface area is 116 Å². The van der Waals surface area contributed by atoms with E-state index in [1.54, 1.807) is 0 Å². The van der Waals surface area contributed by atoms with Gasteiger partial charge in [-0.25, -0.2) is 0 Å². The summed E-state index contributed by atoms with van der Waals surface area (Å²) in [5.41, 5.74) is 1.92. The van der Waals surface area contributed by atoms with Crippen molar-refractivity contribution < 1.29 is 9.90 Å². The number of aliphatic carboxylic acids is 1. The average molecular weight is 312 g/mol. The van der Waals surface area contributed by atoms with Gasteiger partial charge in [0, 0.05) is 17.6 Å². The number of carbonyl (C=O) groups is 1. The van der Waals surface area contributed by atoms with Crippen LogP contribution in [0.25, 0.3) is 0 Å². The smallest absolute Gasteiger partial charge is 0.310 e. The summed E-state index contributed by atoms with van der Waals surface area (Å²) in [6.07, 6.45) is 2.63. The van der Waals surface area contributed by atoms with Crippen molar-refractivity contribution in [3.8, 4) is 0 Å². The highest BCUT2D eigenvalue weighted by Gasteiger charge is 2.43. The van der Waals surface area contributed by atoms with Gasteiger partial charge in [0.1, 0.15) is 0 Å². The quantitative estimate of drug-likeness (QED) is 0.878. The molecule has 1 saturated carbocycles. The Morgan fingerprint density at radius 2 is 2.22 bits per heavy atom. The van der Waals surface area contributed by atoms with Gasteiger partial charge in [-0.1, -0.05) is 28.4 Å². The fourth-order valence-electron chi connectivity index (χ4n) is 2.34. The van der Waals surface area contributed by atoms with E-state index in [2.05, 4.69) is 40.3 Å². The number of halogens is 1. The molecule has 1 aromatic carbocycles. The zero-order valence-electron chi connectivity index (χ0n) is 10.5. The number of hydrogen-bond acceptors (Lipinski definition) is 2. The molecule has 1 aliphatic rings. The van der Waals surface area contributed by atoms with E-state index in [-0.39, 0.29) is 0 Å². The van der Waals surface area contributed by atoms with Gasteiger partial charge in [0.25, 0.3) is 0 Å². The molecule has 1 aromatic rings. The highest BCUT2D eigenvalue weighted by Crippen LogP contribution is 2.40. The van der Waals surface area contributed by atoms with Gasteiger partial charge in [0.2, 0.25) is 0 Å². The number of rotatable bonds is 5. The molecule has 0 atom stereocenters. The highest BCUT2D eigenvalue weighted by molar-refractivity contribution is 9.10. The predicted octanol–water partition coefficient (Wildman–Crippen LogP) is 3.10. The van der Waals surface area contributed by atoms with Gasteiger partial charge in [-0.05, 0) is 43.0 Å². The summed E-state index contributed by atoms with van der Waals surface area (Å²) in [7, 11) is 0. The summed E-state index contributed by atoms with van der Waals surface area (Å²) in [4.78, 5) is 11.2. The normalized spacial score (nSPS) is 17.2. The van der Waals surface area contributed by atoms with Crippen molar-refractivity contribution in [3.63, 3.8) is 0 Å². The lowest BCUT2D eigenvalue weighted by Gasteiger charge is -2.37. The largest absolute Gasteiger partial charge is 0.481 e. The van der Waals surface area contributed by atoms with Gasteiger partial charge >= 0.3 is 5.97 Å². The molecule has 0 aromatic heterocycles. The van der Waals surface area contributed by atoms with Crippen molar-refractivity contribution in [2.45, 2.75) is 32.7 Å². The van der Waals surface area contributed by atoms with Crippen LogP contribution >= 0.6 is 15.9 Å². The number of nitrogens with one attached hydrogen (secondary N) is 1. The Balaban J connectivity index is 1.92. The number of carboxylic acid groups (broad SMARTS) is 1. The number of carboxylic acids is 1. The van der Waals surface area contributed by atoms with Crippen LogP contribution in [0.15, 0.2) is 22.7 Å². The predicted molar refractivity (Wildman–Crippen MR) is 74.5 cm³/mol. The van der Waals surface area contributed by atoms with Crippen molar-refractivity contribution in [1.29, 1.82) is 0 Å². The summed E-state index contributed by atoms with van der Waals surface area (Å²) in [6.45, 7) is 3.36. The van der Waals surface area contributed by atoms with Crippen LogP contribution < -0.4 is 5.32 Å². The number of aryl methyl sites for hydroxylation is 1. The van der Waals surface area contributed by atoms with E-state index in [0.29, 0.717) is 6.54 Å². The molecule has 1 aliphatic carbocycles. The second-order valence-electron chi connectivity index (χ2n) is 5.11. The van der Waals surface area contributed by atoms with Crippen LogP contribution in [0.5, 0.6) is 0 Å². The van der Waals surface area contributed by atoms with Gasteiger partial charge < -0.3 is 10.4 Å². The van der Waals surface area contributed by atoms with Crippen LogP contribution in [-0.2, 0) is 11.3 Å². The maximum absolute atomic E-state index is 11.2. The molecule has 0 saturated heterocycles. The maximum atomic E-state index is 11.2. The average Bonchev–Trinajstić information content (AvgIpc) is 2.26. The fraction of sp³-hybridized carbons (Fsp3) is 0.500. The Bertz CT molecular complexity index is 455. The molecule has 0 bridgehead atoms. The number of benzene rings is 1. The van der Waals surface area contributed by atoms with Gasteiger partial charge in [-0.2, -0.15) is 0 Å². The van der Waals surface area contributed by atoms with E-state index in [9.17, 15) is 9.90 Å². The molecule has 2 N–H and O–H groups in total. The summed E-state index contributed by atoms with van der Waals surface area (Å²) in [5, 5.41) is 12.5. The monoisotopic (exact) mass is 311 g/mol. The fourth-order valence-corrected chi connectivity index (χ4v) is 2.75. The molecule has 1 fully saturated rings. The zero-order chi connectivity index (χ0) is 13.2. The summed E-state index contributed by atoms with van der Waals surface area (Å²) in [5.74, 6) is -0.660. The summed E-state index contributed by atoms with van der Waals surface area (Å²) < 4.78 is 1.06. The molecule has 0 heterocycles. The molecular formula is C14H18BrNO2. The van der Waals surface area contributed by atoms with Crippen molar-refractivity contribution in [2.24, 2.45) is 5.41 Å². The molecule has 0 spiro atoms. The van der Waals surface area contributed by atoms with E-state index >= 15 is 0 Å². The van der Waals surface area contributed by atoms with Crippen molar-refractivity contribution in [1.82, 2.24) is 5.32 Å². The first-order chi connectivity index (χ1) is 8.53. The molecule has 18 heavy (non-hydrogen) atoms. The topological polar surface area (TPSA) is 49.3 Å². The Morgan fingerprint density at radius 3 is 2.78 bits per heavy atom. The third kappa shape index (κ3) is 2.75. The van der Waals surface area contributed by atoms with E-state index in [1.165, 1.54) is 11.1 Å². The Hall–Kier alpha value is -0.870. The minimum absolute atomic E-state index is 0.514. The van der Waals surface area contributed by atoms with Crippen LogP contribution in [0, 0.1) is 12.3 Å². The van der Waals surface area contributed by atoms with Crippen LogP contribution in [0.4, 0.5) is 0 Å². The Kier molecular flexibility index (Phi) is 4.07. The van der Waals surface area contributed by atoms with Crippen molar-refractivity contribution in [2.75, 3.05) is 6.54 Å². The van der Waals surface area contributed by atoms with Gasteiger partial charge in [0.15, 0.2) is 0 Å². The molecule has 0 unspecified atom stereocenters. The van der Waals surface area contributed by atoms with Crippen molar-refractivity contribution >= 4 is 21.9 Å².